The Morgan fingerprint density at radius 1 is 0.906 bits per heavy atom. The fraction of sp³-hybridized carbons (Fsp3) is 0.192. The molecule has 2 aliphatic rings. The summed E-state index contributed by atoms with van der Waals surface area (Å²) in [7, 11) is 1.53. The summed E-state index contributed by atoms with van der Waals surface area (Å²) in [5.41, 5.74) is 4.36. The van der Waals surface area contributed by atoms with Crippen molar-refractivity contribution in [1.29, 1.82) is 0 Å². The summed E-state index contributed by atoms with van der Waals surface area (Å²) >= 11 is 0. The van der Waals surface area contributed by atoms with Crippen molar-refractivity contribution in [1.82, 2.24) is 9.80 Å². The second-order valence-electron chi connectivity index (χ2n) is 8.02. The first-order valence-corrected chi connectivity index (χ1v) is 10.5. The molecular weight excluding hydrogens is 404 g/mol. The van der Waals surface area contributed by atoms with Gasteiger partial charge in [-0.2, -0.15) is 0 Å². The molecular formula is C26H22N2O4. The molecule has 0 N–H and O–H groups in total. The van der Waals surface area contributed by atoms with Gasteiger partial charge in [0.15, 0.2) is 0 Å². The molecule has 0 aromatic heterocycles. The highest BCUT2D eigenvalue weighted by molar-refractivity contribution is 6.21. The number of imide groups is 1. The number of benzene rings is 3. The molecule has 6 heteroatoms. The van der Waals surface area contributed by atoms with Gasteiger partial charge in [0.2, 0.25) is 0 Å². The Kier molecular flexibility index (Phi) is 4.98. The van der Waals surface area contributed by atoms with Crippen molar-refractivity contribution in [2.75, 3.05) is 13.7 Å². The Morgan fingerprint density at radius 2 is 1.56 bits per heavy atom. The van der Waals surface area contributed by atoms with Gasteiger partial charge in [0, 0.05) is 13.1 Å². The minimum atomic E-state index is -0.318. The Morgan fingerprint density at radius 3 is 2.25 bits per heavy atom. The summed E-state index contributed by atoms with van der Waals surface area (Å²) in [4.78, 5) is 41.9. The van der Waals surface area contributed by atoms with E-state index in [1.54, 1.807) is 42.5 Å². The van der Waals surface area contributed by atoms with Crippen LogP contribution in [0.4, 0.5) is 0 Å². The predicted octanol–water partition coefficient (Wildman–Crippen LogP) is 3.69. The first-order valence-electron chi connectivity index (χ1n) is 10.5. The van der Waals surface area contributed by atoms with Crippen LogP contribution in [0.2, 0.25) is 0 Å². The van der Waals surface area contributed by atoms with Crippen LogP contribution < -0.4 is 4.74 Å². The van der Waals surface area contributed by atoms with E-state index in [2.05, 4.69) is 6.07 Å². The minimum absolute atomic E-state index is 0.0967. The Hall–Kier alpha value is -3.93. The van der Waals surface area contributed by atoms with Crippen LogP contribution in [0.25, 0.3) is 0 Å². The van der Waals surface area contributed by atoms with Crippen LogP contribution in [0.15, 0.2) is 66.7 Å². The fourth-order valence-electron chi connectivity index (χ4n) is 4.43. The molecule has 3 amide bonds. The van der Waals surface area contributed by atoms with Gasteiger partial charge in [-0.15, -0.1) is 0 Å². The molecule has 0 bridgehead atoms. The van der Waals surface area contributed by atoms with Gasteiger partial charge in [-0.1, -0.05) is 42.5 Å². The van der Waals surface area contributed by atoms with Crippen molar-refractivity contribution in [3.63, 3.8) is 0 Å². The predicted molar refractivity (Wildman–Crippen MR) is 119 cm³/mol. The van der Waals surface area contributed by atoms with E-state index in [0.29, 0.717) is 41.1 Å². The van der Waals surface area contributed by atoms with Crippen molar-refractivity contribution in [3.05, 3.63) is 100 Å². The summed E-state index contributed by atoms with van der Waals surface area (Å²) in [6.07, 6.45) is 0.805. The lowest BCUT2D eigenvalue weighted by molar-refractivity contribution is 0.0642. The van der Waals surface area contributed by atoms with Gasteiger partial charge in [-0.05, 0) is 47.4 Å². The molecule has 0 atom stereocenters. The molecule has 0 spiro atoms. The summed E-state index contributed by atoms with van der Waals surface area (Å²) in [6.45, 7) is 1.27. The van der Waals surface area contributed by atoms with Gasteiger partial charge in [-0.25, -0.2) is 0 Å². The number of hydrogen-bond donors (Lipinski definition) is 0. The first kappa shape index (κ1) is 20.0. The van der Waals surface area contributed by atoms with E-state index in [-0.39, 0.29) is 24.3 Å². The lowest BCUT2D eigenvalue weighted by atomic mass is 9.99. The molecule has 32 heavy (non-hydrogen) atoms. The zero-order valence-corrected chi connectivity index (χ0v) is 17.7. The normalized spacial score (nSPS) is 14.9. The average molecular weight is 426 g/mol. The third kappa shape index (κ3) is 3.34. The first-order chi connectivity index (χ1) is 15.6. The number of fused-ring (bicyclic) bond motifs is 2. The van der Waals surface area contributed by atoms with Crippen LogP contribution in [0.5, 0.6) is 5.75 Å². The third-order valence-electron chi connectivity index (χ3n) is 6.13. The molecule has 0 fully saturated rings. The molecule has 5 rings (SSSR count). The van der Waals surface area contributed by atoms with E-state index in [1.807, 2.05) is 23.1 Å². The molecule has 0 aliphatic carbocycles. The third-order valence-corrected chi connectivity index (χ3v) is 6.13. The number of rotatable bonds is 4. The van der Waals surface area contributed by atoms with Crippen molar-refractivity contribution < 1.29 is 19.1 Å². The van der Waals surface area contributed by atoms with Crippen LogP contribution in [0.3, 0.4) is 0 Å². The maximum Gasteiger partial charge on any atom is 0.261 e. The lowest BCUT2D eigenvalue weighted by Crippen LogP contribution is -2.36. The van der Waals surface area contributed by atoms with Gasteiger partial charge in [0.05, 0.1) is 30.3 Å². The highest BCUT2D eigenvalue weighted by atomic mass is 16.5. The summed E-state index contributed by atoms with van der Waals surface area (Å²) in [5, 5.41) is 0. The number of amides is 3. The van der Waals surface area contributed by atoms with E-state index in [1.165, 1.54) is 17.6 Å². The molecule has 0 saturated carbocycles. The summed E-state index contributed by atoms with van der Waals surface area (Å²) in [6, 6.07) is 20.2. The number of nitrogens with zero attached hydrogens (tertiary/aromatic N) is 2. The standard InChI is InChI=1S/C26H22N2O4/c1-32-23-11-10-17(15-28-25(30)20-8-4-5-9-21(20)26(28)31)14-22(23)24(29)27-13-12-18-6-2-3-7-19(18)16-27/h2-11,14H,12-13,15-16H2,1H3. The van der Waals surface area contributed by atoms with E-state index < -0.39 is 0 Å². The number of carbonyl (C=O) groups is 3. The monoisotopic (exact) mass is 426 g/mol. The molecule has 3 aromatic rings. The van der Waals surface area contributed by atoms with E-state index >= 15 is 0 Å². The molecule has 0 unspecified atom stereocenters. The number of carbonyl (C=O) groups excluding carboxylic acids is 3. The van der Waals surface area contributed by atoms with Crippen LogP contribution in [0.1, 0.15) is 47.8 Å². The molecule has 0 saturated heterocycles. The molecule has 6 nitrogen and oxygen atoms in total. The quantitative estimate of drug-likeness (QED) is 0.597. The van der Waals surface area contributed by atoms with Crippen molar-refractivity contribution in [2.45, 2.75) is 19.5 Å². The maximum absolute atomic E-state index is 13.4. The van der Waals surface area contributed by atoms with Crippen LogP contribution >= 0.6 is 0 Å². The largest absolute Gasteiger partial charge is 0.496 e. The van der Waals surface area contributed by atoms with Gasteiger partial charge in [0.25, 0.3) is 17.7 Å². The SMILES string of the molecule is COc1ccc(CN2C(=O)c3ccccc3C2=O)cc1C(=O)N1CCc2ccccc2C1. The van der Waals surface area contributed by atoms with Crippen molar-refractivity contribution >= 4 is 17.7 Å². The van der Waals surface area contributed by atoms with Crippen LogP contribution in [-0.2, 0) is 19.5 Å². The number of ether oxygens (including phenoxy) is 1. The Labute approximate surface area is 186 Å². The van der Waals surface area contributed by atoms with Gasteiger partial charge >= 0.3 is 0 Å². The van der Waals surface area contributed by atoms with E-state index in [0.717, 1.165) is 12.0 Å². The van der Waals surface area contributed by atoms with E-state index in [9.17, 15) is 14.4 Å². The summed E-state index contributed by atoms with van der Waals surface area (Å²) < 4.78 is 5.45. The van der Waals surface area contributed by atoms with E-state index in [4.69, 9.17) is 4.74 Å². The molecule has 0 radical (unpaired) electrons. The lowest BCUT2D eigenvalue weighted by Gasteiger charge is -2.29. The molecule has 2 heterocycles. The van der Waals surface area contributed by atoms with Gasteiger partial charge < -0.3 is 9.64 Å². The fourth-order valence-corrected chi connectivity index (χ4v) is 4.43. The minimum Gasteiger partial charge on any atom is -0.496 e. The smallest absolute Gasteiger partial charge is 0.261 e. The zero-order valence-electron chi connectivity index (χ0n) is 17.7. The van der Waals surface area contributed by atoms with Crippen molar-refractivity contribution in [3.8, 4) is 5.75 Å². The Bertz CT molecular complexity index is 1220. The Balaban J connectivity index is 1.41. The zero-order chi connectivity index (χ0) is 22.2. The van der Waals surface area contributed by atoms with Crippen LogP contribution in [0, 0.1) is 0 Å². The van der Waals surface area contributed by atoms with Gasteiger partial charge in [0.1, 0.15) is 5.75 Å². The maximum atomic E-state index is 13.4. The number of methoxy groups -OCH3 is 1. The van der Waals surface area contributed by atoms with Gasteiger partial charge in [-0.3, -0.25) is 19.3 Å². The average Bonchev–Trinajstić information content (AvgIpc) is 3.08. The topological polar surface area (TPSA) is 66.9 Å². The molecule has 3 aromatic carbocycles. The highest BCUT2D eigenvalue weighted by Gasteiger charge is 2.35. The second kappa shape index (κ2) is 7.96. The summed E-state index contributed by atoms with van der Waals surface area (Å²) in [5.74, 6) is -0.288. The second-order valence-corrected chi connectivity index (χ2v) is 8.02. The van der Waals surface area contributed by atoms with Crippen LogP contribution in [-0.4, -0.2) is 41.2 Å². The molecule has 2 aliphatic heterocycles. The number of hydrogen-bond acceptors (Lipinski definition) is 4. The van der Waals surface area contributed by atoms with Crippen molar-refractivity contribution in [2.24, 2.45) is 0 Å². The highest BCUT2D eigenvalue weighted by Crippen LogP contribution is 2.28. The molecule has 160 valence electrons.